The molecule has 2 rings (SSSR count). The van der Waals surface area contributed by atoms with Gasteiger partial charge in [0.25, 0.3) is 0 Å². The Balaban J connectivity index is 2.23. The molecule has 0 bridgehead atoms. The first kappa shape index (κ1) is 12.7. The summed E-state index contributed by atoms with van der Waals surface area (Å²) < 4.78 is 1.02. The predicted octanol–water partition coefficient (Wildman–Crippen LogP) is 4.24. The van der Waals surface area contributed by atoms with Crippen molar-refractivity contribution in [1.82, 2.24) is 10.3 Å². The van der Waals surface area contributed by atoms with Crippen molar-refractivity contribution in [3.05, 3.63) is 39.9 Å². The molecule has 2 nitrogen and oxygen atoms in total. The van der Waals surface area contributed by atoms with E-state index in [1.54, 1.807) is 6.20 Å². The number of hydrogen-bond donors (Lipinski definition) is 1. The van der Waals surface area contributed by atoms with Crippen LogP contribution in [0, 0.1) is 0 Å². The molecule has 1 N–H and O–H groups in total. The van der Waals surface area contributed by atoms with Crippen LogP contribution in [0.3, 0.4) is 0 Å². The van der Waals surface area contributed by atoms with Crippen LogP contribution < -0.4 is 5.32 Å². The number of aromatic nitrogens is 1. The molecule has 0 amide bonds. The summed E-state index contributed by atoms with van der Waals surface area (Å²) in [5.74, 6) is 0. The molecule has 0 saturated heterocycles. The first-order valence-corrected chi connectivity index (χ1v) is 7.25. The van der Waals surface area contributed by atoms with Gasteiger partial charge in [-0.2, -0.15) is 0 Å². The van der Waals surface area contributed by atoms with Gasteiger partial charge in [-0.3, -0.25) is 4.98 Å². The molecule has 0 aromatic carbocycles. The van der Waals surface area contributed by atoms with Gasteiger partial charge in [0.2, 0.25) is 0 Å². The van der Waals surface area contributed by atoms with E-state index in [0.717, 1.165) is 11.0 Å². The van der Waals surface area contributed by atoms with Crippen LogP contribution in [0.5, 0.6) is 0 Å². The lowest BCUT2D eigenvalue weighted by Crippen LogP contribution is -2.16. The summed E-state index contributed by atoms with van der Waals surface area (Å²) in [6, 6.07) is 6.87. The lowest BCUT2D eigenvalue weighted by atomic mass is 10.2. The molecule has 0 spiro atoms. The quantitative estimate of drug-likeness (QED) is 0.913. The number of pyridine rings is 1. The Morgan fingerprint density at radius 2 is 2.24 bits per heavy atom. The average Bonchev–Trinajstić information content (AvgIpc) is 2.78. The van der Waals surface area contributed by atoms with Crippen molar-refractivity contribution in [1.29, 1.82) is 0 Å². The monoisotopic (exact) mass is 310 g/mol. The third-order valence-electron chi connectivity index (χ3n) is 2.55. The summed E-state index contributed by atoms with van der Waals surface area (Å²) in [5.41, 5.74) is 1.17. The van der Waals surface area contributed by atoms with Crippen LogP contribution in [0.4, 0.5) is 0 Å². The standard InChI is InChI=1S/C13H15BrN2S/c1-3-16-9(2)12-4-5-13(17-12)10-6-11(14)8-15-7-10/h4-9,16H,3H2,1-2H3. The molecule has 2 aromatic heterocycles. The molecule has 2 aromatic rings. The Bertz CT molecular complexity index is 496. The van der Waals surface area contributed by atoms with Crippen molar-refractivity contribution in [2.24, 2.45) is 0 Å². The molecule has 1 atom stereocenters. The highest BCUT2D eigenvalue weighted by atomic mass is 79.9. The summed E-state index contributed by atoms with van der Waals surface area (Å²) in [6.45, 7) is 5.31. The van der Waals surface area contributed by atoms with Gasteiger partial charge < -0.3 is 5.32 Å². The second-order valence-corrected chi connectivity index (χ2v) is 5.90. The van der Waals surface area contributed by atoms with Gasteiger partial charge >= 0.3 is 0 Å². The molecule has 2 heterocycles. The van der Waals surface area contributed by atoms with Crippen LogP contribution in [-0.4, -0.2) is 11.5 Å². The molecule has 0 aliphatic rings. The van der Waals surface area contributed by atoms with Gasteiger partial charge in [-0.15, -0.1) is 11.3 Å². The fraction of sp³-hybridized carbons (Fsp3) is 0.308. The van der Waals surface area contributed by atoms with E-state index in [1.807, 2.05) is 17.5 Å². The van der Waals surface area contributed by atoms with Crippen molar-refractivity contribution in [2.45, 2.75) is 19.9 Å². The first-order chi connectivity index (χ1) is 8.20. The molecule has 90 valence electrons. The molecule has 4 heteroatoms. The third kappa shape index (κ3) is 3.15. The van der Waals surface area contributed by atoms with Crippen molar-refractivity contribution in [3.8, 4) is 10.4 Å². The molecule has 1 unspecified atom stereocenters. The number of hydrogen-bond acceptors (Lipinski definition) is 3. The Labute approximate surface area is 114 Å². The maximum absolute atomic E-state index is 4.20. The fourth-order valence-electron chi connectivity index (χ4n) is 1.69. The van der Waals surface area contributed by atoms with E-state index in [4.69, 9.17) is 0 Å². The molecule has 0 fully saturated rings. The number of thiophene rings is 1. The Morgan fingerprint density at radius 1 is 1.41 bits per heavy atom. The van der Waals surface area contributed by atoms with Gasteiger partial charge in [0.15, 0.2) is 0 Å². The van der Waals surface area contributed by atoms with Crippen molar-refractivity contribution in [3.63, 3.8) is 0 Å². The highest BCUT2D eigenvalue weighted by molar-refractivity contribution is 9.10. The van der Waals surface area contributed by atoms with Crippen molar-refractivity contribution >= 4 is 27.3 Å². The molecule has 17 heavy (non-hydrogen) atoms. The van der Waals surface area contributed by atoms with E-state index in [9.17, 15) is 0 Å². The summed E-state index contributed by atoms with van der Waals surface area (Å²) in [5, 5.41) is 3.42. The van der Waals surface area contributed by atoms with E-state index in [1.165, 1.54) is 15.3 Å². The summed E-state index contributed by atoms with van der Waals surface area (Å²) in [6.07, 6.45) is 3.71. The molecular formula is C13H15BrN2S. The van der Waals surface area contributed by atoms with Crippen LogP contribution in [0.1, 0.15) is 24.8 Å². The van der Waals surface area contributed by atoms with Gasteiger partial charge in [-0.25, -0.2) is 0 Å². The summed E-state index contributed by atoms with van der Waals surface area (Å²) >= 11 is 5.27. The zero-order valence-electron chi connectivity index (χ0n) is 9.90. The average molecular weight is 311 g/mol. The zero-order valence-corrected chi connectivity index (χ0v) is 12.3. The maximum Gasteiger partial charge on any atom is 0.0410 e. The maximum atomic E-state index is 4.20. The second kappa shape index (κ2) is 5.76. The number of rotatable bonds is 4. The van der Waals surface area contributed by atoms with Gasteiger partial charge in [-0.05, 0) is 47.6 Å². The summed E-state index contributed by atoms with van der Waals surface area (Å²) in [7, 11) is 0. The Morgan fingerprint density at radius 3 is 2.94 bits per heavy atom. The minimum Gasteiger partial charge on any atom is -0.310 e. The predicted molar refractivity (Wildman–Crippen MR) is 77.3 cm³/mol. The van der Waals surface area contributed by atoms with Gasteiger partial charge in [0.1, 0.15) is 0 Å². The largest absolute Gasteiger partial charge is 0.310 e. The van der Waals surface area contributed by atoms with E-state index >= 15 is 0 Å². The van der Waals surface area contributed by atoms with Crippen molar-refractivity contribution < 1.29 is 0 Å². The molecular weight excluding hydrogens is 296 g/mol. The number of nitrogens with zero attached hydrogens (tertiary/aromatic N) is 1. The lowest BCUT2D eigenvalue weighted by Gasteiger charge is -2.08. The Kier molecular flexibility index (Phi) is 4.31. The first-order valence-electron chi connectivity index (χ1n) is 5.64. The minimum absolute atomic E-state index is 0.416. The second-order valence-electron chi connectivity index (χ2n) is 3.87. The van der Waals surface area contributed by atoms with E-state index < -0.39 is 0 Å². The van der Waals surface area contributed by atoms with Crippen LogP contribution in [0.25, 0.3) is 10.4 Å². The Hall–Kier alpha value is -0.710. The zero-order chi connectivity index (χ0) is 12.3. The number of halogens is 1. The lowest BCUT2D eigenvalue weighted by molar-refractivity contribution is 0.607. The highest BCUT2D eigenvalue weighted by Crippen LogP contribution is 2.31. The van der Waals surface area contributed by atoms with Crippen molar-refractivity contribution in [2.75, 3.05) is 6.54 Å². The van der Waals surface area contributed by atoms with Crippen LogP contribution in [0.15, 0.2) is 35.1 Å². The fourth-order valence-corrected chi connectivity index (χ4v) is 3.07. The topological polar surface area (TPSA) is 24.9 Å². The van der Waals surface area contributed by atoms with Crippen LogP contribution in [-0.2, 0) is 0 Å². The molecule has 0 aliphatic heterocycles. The normalized spacial score (nSPS) is 12.6. The smallest absolute Gasteiger partial charge is 0.0410 e. The van der Waals surface area contributed by atoms with Gasteiger partial charge in [-0.1, -0.05) is 6.92 Å². The molecule has 0 radical (unpaired) electrons. The molecule has 0 saturated carbocycles. The van der Waals surface area contributed by atoms with Crippen LogP contribution >= 0.6 is 27.3 Å². The molecule has 0 aliphatic carbocycles. The van der Waals surface area contributed by atoms with E-state index in [2.05, 4.69) is 58.3 Å². The summed E-state index contributed by atoms with van der Waals surface area (Å²) in [4.78, 5) is 6.82. The minimum atomic E-state index is 0.416. The van der Waals surface area contributed by atoms with Gasteiger partial charge in [0, 0.05) is 38.2 Å². The third-order valence-corrected chi connectivity index (χ3v) is 4.30. The van der Waals surface area contributed by atoms with Gasteiger partial charge in [0.05, 0.1) is 0 Å². The SMILES string of the molecule is CCNC(C)c1ccc(-c2cncc(Br)c2)s1. The number of nitrogens with one attached hydrogen (secondary N) is 1. The van der Waals surface area contributed by atoms with E-state index in [-0.39, 0.29) is 0 Å². The highest BCUT2D eigenvalue weighted by Gasteiger charge is 2.08. The van der Waals surface area contributed by atoms with E-state index in [0.29, 0.717) is 6.04 Å². The van der Waals surface area contributed by atoms with Crippen LogP contribution in [0.2, 0.25) is 0 Å².